The number of pyridine rings is 2. The Morgan fingerprint density at radius 1 is 1.12 bits per heavy atom. The number of hydrogen-bond donors (Lipinski definition) is 1. The lowest BCUT2D eigenvalue weighted by atomic mass is 10.0. The first kappa shape index (κ1) is 28.6. The van der Waals surface area contributed by atoms with Gasteiger partial charge in [-0.05, 0) is 63.5 Å². The molecule has 1 N–H and O–H groups in total. The lowest BCUT2D eigenvalue weighted by molar-refractivity contribution is -0.114. The van der Waals surface area contributed by atoms with Gasteiger partial charge < -0.3 is 19.7 Å². The number of rotatable bonds is 12. The lowest BCUT2D eigenvalue weighted by Gasteiger charge is -2.16. The van der Waals surface area contributed by atoms with E-state index in [1.54, 1.807) is 24.4 Å². The van der Waals surface area contributed by atoms with Gasteiger partial charge in [0, 0.05) is 48.1 Å². The number of ketones is 1. The van der Waals surface area contributed by atoms with E-state index in [2.05, 4.69) is 20.1 Å². The van der Waals surface area contributed by atoms with Crippen molar-refractivity contribution >= 4 is 45.3 Å². The highest BCUT2D eigenvalue weighted by Crippen LogP contribution is 2.39. The zero-order valence-corrected chi connectivity index (χ0v) is 23.4. The van der Waals surface area contributed by atoms with Gasteiger partial charge >= 0.3 is 0 Å². The summed E-state index contributed by atoms with van der Waals surface area (Å²) in [6.07, 6.45) is 6.82. The number of nitrogens with one attached hydrogen (secondary N) is 1. The Kier molecular flexibility index (Phi) is 9.68. The Morgan fingerprint density at radius 2 is 1.98 bits per heavy atom. The molecule has 40 heavy (non-hydrogen) atoms. The summed E-state index contributed by atoms with van der Waals surface area (Å²) in [5.41, 5.74) is 3.73. The lowest BCUT2D eigenvalue weighted by Crippen LogP contribution is -2.11. The van der Waals surface area contributed by atoms with Gasteiger partial charge in [0.15, 0.2) is 5.78 Å². The predicted molar refractivity (Wildman–Crippen MR) is 159 cm³/mol. The molecular formula is C31H30ClN5O3. The number of benzene rings is 2. The van der Waals surface area contributed by atoms with Crippen molar-refractivity contribution in [1.29, 1.82) is 0 Å². The second-order valence-corrected chi connectivity index (χ2v) is 9.64. The van der Waals surface area contributed by atoms with E-state index in [4.69, 9.17) is 27.6 Å². The molecule has 0 fully saturated rings. The van der Waals surface area contributed by atoms with Gasteiger partial charge in [-0.2, -0.15) is 0 Å². The number of aromatic nitrogens is 2. The third kappa shape index (κ3) is 7.35. The van der Waals surface area contributed by atoms with Crippen LogP contribution in [-0.2, 0) is 17.8 Å². The average molecular weight is 556 g/mol. The molecule has 0 spiro atoms. The van der Waals surface area contributed by atoms with Gasteiger partial charge in [0.05, 0.1) is 35.1 Å². The van der Waals surface area contributed by atoms with Crippen LogP contribution >= 0.6 is 11.6 Å². The highest BCUT2D eigenvalue weighted by Gasteiger charge is 2.16. The van der Waals surface area contributed by atoms with E-state index in [-0.39, 0.29) is 18.8 Å². The van der Waals surface area contributed by atoms with E-state index >= 15 is 0 Å². The zero-order chi connectivity index (χ0) is 28.5. The van der Waals surface area contributed by atoms with Crippen LogP contribution in [0.3, 0.4) is 0 Å². The second kappa shape index (κ2) is 13.6. The monoisotopic (exact) mass is 555 g/mol. The Bertz CT molecular complexity index is 1570. The first-order valence-electron chi connectivity index (χ1n) is 12.8. The number of carbonyl (C=O) groups excluding carboxylic acids is 1. The zero-order valence-electron chi connectivity index (χ0n) is 22.6. The van der Waals surface area contributed by atoms with Crippen LogP contribution in [0.1, 0.15) is 18.2 Å². The smallest absolute Gasteiger partial charge is 0.228 e. The number of likely N-dealkylation sites (N-methyl/N-ethyl adjacent to an activating group) is 1. The topological polar surface area (TPSA) is 80.9 Å². The Morgan fingerprint density at radius 3 is 2.67 bits per heavy atom. The molecule has 0 amide bonds. The molecule has 9 heteroatoms. The van der Waals surface area contributed by atoms with Crippen molar-refractivity contribution in [3.63, 3.8) is 0 Å². The highest BCUT2D eigenvalue weighted by atomic mass is 35.5. The standard InChI is InChI=1S/C31H30ClN5O3/c1-5-39-30-18-27-25(16-21(30)15-24(38)10-8-14-37(3)4)31(28(33-2)19-35-27)36-22-11-12-29(26(32)17-22)40-20-23-9-6-7-13-34-23/h6-13,16-19H,5,14-15,20H2,1,3-4H3,(H,35,36)/b10-8+. The Balaban J connectivity index is 1.64. The quantitative estimate of drug-likeness (QED) is 0.152. The van der Waals surface area contributed by atoms with E-state index in [0.717, 1.165) is 11.3 Å². The number of hydrogen-bond acceptors (Lipinski definition) is 7. The third-order valence-corrected chi connectivity index (χ3v) is 6.19. The number of ether oxygens (including phenoxy) is 2. The molecule has 0 unspecified atom stereocenters. The Labute approximate surface area is 239 Å². The third-order valence-electron chi connectivity index (χ3n) is 5.89. The summed E-state index contributed by atoms with van der Waals surface area (Å²) < 4.78 is 11.7. The van der Waals surface area contributed by atoms with Crippen LogP contribution < -0.4 is 14.8 Å². The summed E-state index contributed by atoms with van der Waals surface area (Å²) in [5, 5.41) is 4.45. The van der Waals surface area contributed by atoms with E-state index in [9.17, 15) is 4.79 Å². The summed E-state index contributed by atoms with van der Waals surface area (Å²) in [6.45, 7) is 11.0. The van der Waals surface area contributed by atoms with Crippen molar-refractivity contribution in [2.24, 2.45) is 0 Å². The molecule has 0 aliphatic carbocycles. The maximum absolute atomic E-state index is 12.7. The summed E-state index contributed by atoms with van der Waals surface area (Å²) in [5.74, 6) is 1.07. The van der Waals surface area contributed by atoms with Gasteiger partial charge in [0.1, 0.15) is 18.1 Å². The summed E-state index contributed by atoms with van der Waals surface area (Å²) in [7, 11) is 3.88. The van der Waals surface area contributed by atoms with Gasteiger partial charge in [-0.25, -0.2) is 4.85 Å². The fraction of sp³-hybridized carbons (Fsp3) is 0.226. The van der Waals surface area contributed by atoms with Crippen molar-refractivity contribution in [1.82, 2.24) is 14.9 Å². The molecule has 2 aromatic carbocycles. The van der Waals surface area contributed by atoms with Crippen LogP contribution in [0.2, 0.25) is 5.02 Å². The minimum absolute atomic E-state index is 0.0426. The van der Waals surface area contributed by atoms with Crippen molar-refractivity contribution in [3.05, 3.63) is 101 Å². The predicted octanol–water partition coefficient (Wildman–Crippen LogP) is 6.78. The number of anilines is 2. The summed E-state index contributed by atoms with van der Waals surface area (Å²) in [6, 6.07) is 14.6. The first-order chi connectivity index (χ1) is 19.4. The van der Waals surface area contributed by atoms with Crippen molar-refractivity contribution < 1.29 is 14.3 Å². The van der Waals surface area contributed by atoms with Crippen LogP contribution in [0.15, 0.2) is 73.1 Å². The molecule has 2 aromatic heterocycles. The van der Waals surface area contributed by atoms with E-state index in [1.807, 2.05) is 68.4 Å². The Hall–Kier alpha value is -4.45. The van der Waals surface area contributed by atoms with Gasteiger partial charge in [-0.1, -0.05) is 23.7 Å². The minimum Gasteiger partial charge on any atom is -0.494 e. The van der Waals surface area contributed by atoms with E-state index in [1.165, 1.54) is 6.20 Å². The number of carbonyl (C=O) groups is 1. The molecule has 0 atom stereocenters. The minimum atomic E-state index is -0.0426. The maximum atomic E-state index is 12.7. The average Bonchev–Trinajstić information content (AvgIpc) is 2.94. The van der Waals surface area contributed by atoms with Crippen LogP contribution in [0.4, 0.5) is 17.1 Å². The summed E-state index contributed by atoms with van der Waals surface area (Å²) >= 11 is 6.53. The fourth-order valence-electron chi connectivity index (χ4n) is 4.02. The van der Waals surface area contributed by atoms with E-state index in [0.29, 0.717) is 57.6 Å². The number of fused-ring (bicyclic) bond motifs is 1. The van der Waals surface area contributed by atoms with Gasteiger partial charge in [-0.3, -0.25) is 14.8 Å². The highest BCUT2D eigenvalue weighted by molar-refractivity contribution is 6.32. The number of allylic oxidation sites excluding steroid dienone is 1. The van der Waals surface area contributed by atoms with Gasteiger partial charge in [0.2, 0.25) is 5.69 Å². The molecule has 4 rings (SSSR count). The largest absolute Gasteiger partial charge is 0.494 e. The fourth-order valence-corrected chi connectivity index (χ4v) is 4.25. The van der Waals surface area contributed by atoms with Crippen molar-refractivity contribution in [3.8, 4) is 11.5 Å². The molecular weight excluding hydrogens is 526 g/mol. The second-order valence-electron chi connectivity index (χ2n) is 9.23. The summed E-state index contributed by atoms with van der Waals surface area (Å²) in [4.78, 5) is 27.1. The van der Waals surface area contributed by atoms with Crippen LogP contribution in [0, 0.1) is 6.57 Å². The maximum Gasteiger partial charge on any atom is 0.228 e. The first-order valence-corrected chi connectivity index (χ1v) is 13.1. The molecule has 4 aromatic rings. The number of nitrogens with zero attached hydrogens (tertiary/aromatic N) is 4. The molecule has 204 valence electrons. The SMILES string of the molecule is [C-]#[N+]c1cnc2cc(OCC)c(CC(=O)/C=C/CN(C)C)cc2c1Nc1ccc(OCc2ccccn2)c(Cl)c1. The van der Waals surface area contributed by atoms with Gasteiger partial charge in [0.25, 0.3) is 0 Å². The van der Waals surface area contributed by atoms with Crippen molar-refractivity contribution in [2.45, 2.75) is 20.0 Å². The molecule has 2 heterocycles. The molecule has 0 saturated heterocycles. The van der Waals surface area contributed by atoms with E-state index < -0.39 is 0 Å². The van der Waals surface area contributed by atoms with Crippen LogP contribution in [0.25, 0.3) is 15.7 Å². The normalized spacial score (nSPS) is 11.1. The van der Waals surface area contributed by atoms with Crippen molar-refractivity contribution in [2.75, 3.05) is 32.6 Å². The molecule has 0 bridgehead atoms. The van der Waals surface area contributed by atoms with Crippen LogP contribution in [-0.4, -0.2) is 47.9 Å². The molecule has 0 radical (unpaired) electrons. The molecule has 0 saturated carbocycles. The molecule has 0 aliphatic rings. The molecule has 0 aliphatic heterocycles. The van der Waals surface area contributed by atoms with Gasteiger partial charge in [-0.15, -0.1) is 0 Å². The molecule has 8 nitrogen and oxygen atoms in total. The van der Waals surface area contributed by atoms with Crippen LogP contribution in [0.5, 0.6) is 11.5 Å². The number of halogens is 1.